The van der Waals surface area contributed by atoms with Crippen LogP contribution in [0.5, 0.6) is 0 Å². The molecule has 1 unspecified atom stereocenters. The summed E-state index contributed by atoms with van der Waals surface area (Å²) in [7, 11) is 0. The predicted molar refractivity (Wildman–Crippen MR) is 88.4 cm³/mol. The minimum absolute atomic E-state index is 0.109. The van der Waals surface area contributed by atoms with Crippen LogP contribution < -0.4 is 5.32 Å². The van der Waals surface area contributed by atoms with Gasteiger partial charge in [0.2, 0.25) is 11.8 Å². The number of carboxylic acid groups (broad SMARTS) is 1. The summed E-state index contributed by atoms with van der Waals surface area (Å²) in [5, 5.41) is 12.4. The lowest BCUT2D eigenvalue weighted by Gasteiger charge is -2.30. The zero-order chi connectivity index (χ0) is 17.9. The van der Waals surface area contributed by atoms with Crippen LogP contribution in [0.15, 0.2) is 22.8 Å². The largest absolute Gasteiger partial charge is 0.480 e. The van der Waals surface area contributed by atoms with Crippen LogP contribution in [0, 0.1) is 5.92 Å². The normalized spacial score (nSPS) is 23.3. The molecule has 1 atom stereocenters. The van der Waals surface area contributed by atoms with E-state index in [-0.39, 0.29) is 18.2 Å². The van der Waals surface area contributed by atoms with Crippen molar-refractivity contribution < 1.29 is 23.9 Å². The van der Waals surface area contributed by atoms with Gasteiger partial charge < -0.3 is 19.7 Å². The van der Waals surface area contributed by atoms with Gasteiger partial charge in [-0.3, -0.25) is 9.59 Å². The highest BCUT2D eigenvalue weighted by atomic mass is 16.4. The van der Waals surface area contributed by atoms with Crippen LogP contribution in [-0.4, -0.2) is 39.9 Å². The molecule has 2 fully saturated rings. The van der Waals surface area contributed by atoms with E-state index in [0.717, 1.165) is 25.7 Å². The van der Waals surface area contributed by atoms with Crippen molar-refractivity contribution in [2.45, 2.75) is 57.0 Å². The zero-order valence-electron chi connectivity index (χ0n) is 14.2. The molecule has 7 nitrogen and oxygen atoms in total. The lowest BCUT2D eigenvalue weighted by Crippen LogP contribution is -2.55. The lowest BCUT2D eigenvalue weighted by atomic mass is 9.89. The van der Waals surface area contributed by atoms with Crippen molar-refractivity contribution in [1.29, 1.82) is 0 Å². The van der Waals surface area contributed by atoms with E-state index in [1.54, 1.807) is 23.3 Å². The van der Waals surface area contributed by atoms with Gasteiger partial charge in [0.05, 0.1) is 18.7 Å². The molecule has 1 aliphatic heterocycles. The highest BCUT2D eigenvalue weighted by Gasteiger charge is 2.43. The van der Waals surface area contributed by atoms with Gasteiger partial charge in [-0.2, -0.15) is 0 Å². The number of hydrogen-bond donors (Lipinski definition) is 2. The minimum Gasteiger partial charge on any atom is -0.480 e. The first-order valence-electron chi connectivity index (χ1n) is 8.86. The molecular formula is C18H24N2O5. The number of amides is 2. The molecule has 1 aromatic rings. The molecule has 1 aromatic heterocycles. The molecule has 0 radical (unpaired) electrons. The Morgan fingerprint density at radius 2 is 2.00 bits per heavy atom. The number of carbonyl (C=O) groups is 3. The van der Waals surface area contributed by atoms with Crippen molar-refractivity contribution >= 4 is 17.8 Å². The van der Waals surface area contributed by atoms with E-state index in [2.05, 4.69) is 5.32 Å². The Labute approximate surface area is 146 Å². The maximum Gasteiger partial charge on any atom is 0.329 e. The maximum atomic E-state index is 12.7. The Morgan fingerprint density at radius 1 is 1.28 bits per heavy atom. The monoisotopic (exact) mass is 348 g/mol. The van der Waals surface area contributed by atoms with Crippen LogP contribution in [0.1, 0.15) is 50.7 Å². The topological polar surface area (TPSA) is 99.8 Å². The standard InChI is InChI=1S/C18H24N2O5/c21-15-10-13(11-20(15)12-14-6-5-9-25-14)16(22)19-18(17(23)24)7-3-1-2-4-8-18/h5-6,9,13H,1-4,7-8,10-12H2,(H,19,22)(H,23,24). The first-order chi connectivity index (χ1) is 12.0. The Balaban J connectivity index is 1.64. The van der Waals surface area contributed by atoms with Crippen LogP contribution in [-0.2, 0) is 20.9 Å². The van der Waals surface area contributed by atoms with Crippen molar-refractivity contribution in [1.82, 2.24) is 10.2 Å². The Kier molecular flexibility index (Phi) is 5.11. The molecule has 2 N–H and O–H groups in total. The lowest BCUT2D eigenvalue weighted by molar-refractivity contribution is -0.149. The van der Waals surface area contributed by atoms with E-state index < -0.39 is 17.4 Å². The highest BCUT2D eigenvalue weighted by Crippen LogP contribution is 2.29. The summed E-state index contributed by atoms with van der Waals surface area (Å²) in [6.45, 7) is 0.626. The van der Waals surface area contributed by atoms with Gasteiger partial charge in [0.25, 0.3) is 0 Å². The average Bonchev–Trinajstić information content (AvgIpc) is 3.14. The first-order valence-corrected chi connectivity index (χ1v) is 8.86. The van der Waals surface area contributed by atoms with Crippen LogP contribution in [0.4, 0.5) is 0 Å². The van der Waals surface area contributed by atoms with Gasteiger partial charge in [-0.25, -0.2) is 4.79 Å². The van der Waals surface area contributed by atoms with E-state index in [9.17, 15) is 19.5 Å². The van der Waals surface area contributed by atoms with Crippen molar-refractivity contribution in [2.75, 3.05) is 6.54 Å². The van der Waals surface area contributed by atoms with Crippen molar-refractivity contribution in [2.24, 2.45) is 5.92 Å². The number of hydrogen-bond acceptors (Lipinski definition) is 4. The quantitative estimate of drug-likeness (QED) is 0.792. The van der Waals surface area contributed by atoms with Crippen LogP contribution >= 0.6 is 0 Å². The van der Waals surface area contributed by atoms with Crippen LogP contribution in [0.25, 0.3) is 0 Å². The van der Waals surface area contributed by atoms with Crippen molar-refractivity contribution in [3.8, 4) is 0 Å². The Morgan fingerprint density at radius 3 is 2.60 bits per heavy atom. The average molecular weight is 348 g/mol. The minimum atomic E-state index is -1.19. The summed E-state index contributed by atoms with van der Waals surface area (Å²) < 4.78 is 5.25. The van der Waals surface area contributed by atoms with Gasteiger partial charge in [0.15, 0.2) is 0 Å². The number of rotatable bonds is 5. The Bertz CT molecular complexity index is 632. The molecule has 2 heterocycles. The fourth-order valence-corrected chi connectivity index (χ4v) is 3.75. The van der Waals surface area contributed by atoms with Crippen molar-refractivity contribution in [3.63, 3.8) is 0 Å². The van der Waals surface area contributed by atoms with Crippen LogP contribution in [0.3, 0.4) is 0 Å². The molecule has 2 aliphatic rings. The molecule has 136 valence electrons. The SMILES string of the molecule is O=C(NC1(C(=O)O)CCCCCC1)C1CC(=O)N(Cc2ccco2)C1. The van der Waals surface area contributed by atoms with E-state index in [4.69, 9.17) is 4.42 Å². The van der Waals surface area contributed by atoms with Gasteiger partial charge in [-0.1, -0.05) is 25.7 Å². The Hall–Kier alpha value is -2.31. The zero-order valence-corrected chi connectivity index (χ0v) is 14.2. The molecule has 1 saturated carbocycles. The van der Waals surface area contributed by atoms with Crippen LogP contribution in [0.2, 0.25) is 0 Å². The summed E-state index contributed by atoms with van der Waals surface area (Å²) in [5.41, 5.74) is -1.19. The molecule has 7 heteroatoms. The van der Waals surface area contributed by atoms with E-state index in [1.807, 2.05) is 0 Å². The third-order valence-electron chi connectivity index (χ3n) is 5.24. The van der Waals surface area contributed by atoms with E-state index >= 15 is 0 Å². The molecule has 0 bridgehead atoms. The first kappa shape index (κ1) is 17.5. The predicted octanol–water partition coefficient (Wildman–Crippen LogP) is 1.92. The number of nitrogens with one attached hydrogen (secondary N) is 1. The molecule has 25 heavy (non-hydrogen) atoms. The van der Waals surface area contributed by atoms with Gasteiger partial charge in [0, 0.05) is 13.0 Å². The highest BCUT2D eigenvalue weighted by molar-refractivity contribution is 5.92. The molecule has 0 aromatic carbocycles. The molecule has 3 rings (SSSR count). The summed E-state index contributed by atoms with van der Waals surface area (Å²) in [6, 6.07) is 3.54. The maximum absolute atomic E-state index is 12.7. The smallest absolute Gasteiger partial charge is 0.329 e. The number of carbonyl (C=O) groups excluding carboxylic acids is 2. The second-order valence-corrected chi connectivity index (χ2v) is 7.05. The fraction of sp³-hybridized carbons (Fsp3) is 0.611. The van der Waals surface area contributed by atoms with E-state index in [1.165, 1.54) is 0 Å². The van der Waals surface area contributed by atoms with E-state index in [0.29, 0.717) is 31.7 Å². The molecule has 2 amide bonds. The third-order valence-corrected chi connectivity index (χ3v) is 5.24. The summed E-state index contributed by atoms with van der Waals surface area (Å²) in [4.78, 5) is 38.2. The fourth-order valence-electron chi connectivity index (χ4n) is 3.75. The second-order valence-electron chi connectivity index (χ2n) is 7.05. The van der Waals surface area contributed by atoms with Crippen molar-refractivity contribution in [3.05, 3.63) is 24.2 Å². The number of likely N-dealkylation sites (tertiary alicyclic amines) is 1. The molecule has 1 saturated heterocycles. The molecule has 1 aliphatic carbocycles. The summed E-state index contributed by atoms with van der Waals surface area (Å²) in [6.07, 6.45) is 6.12. The van der Waals surface area contributed by atoms with Gasteiger partial charge in [-0.15, -0.1) is 0 Å². The molecule has 0 spiro atoms. The summed E-state index contributed by atoms with van der Waals surface area (Å²) in [5.74, 6) is -1.26. The second kappa shape index (κ2) is 7.29. The number of carboxylic acids is 1. The van der Waals surface area contributed by atoms with Gasteiger partial charge >= 0.3 is 5.97 Å². The number of furan rings is 1. The van der Waals surface area contributed by atoms with Gasteiger partial charge in [-0.05, 0) is 25.0 Å². The third kappa shape index (κ3) is 3.86. The van der Waals surface area contributed by atoms with Gasteiger partial charge in [0.1, 0.15) is 11.3 Å². The molecular weight excluding hydrogens is 324 g/mol. The summed E-state index contributed by atoms with van der Waals surface area (Å²) >= 11 is 0. The number of aliphatic carboxylic acids is 1. The number of nitrogens with zero attached hydrogens (tertiary/aromatic N) is 1.